The van der Waals surface area contributed by atoms with E-state index in [1.54, 1.807) is 12.1 Å². The molecule has 1 saturated carbocycles. The molecule has 2 aliphatic carbocycles. The molecule has 2 heterocycles. The predicted molar refractivity (Wildman–Crippen MR) is 216 cm³/mol. The van der Waals surface area contributed by atoms with Gasteiger partial charge in [-0.3, -0.25) is 28.8 Å². The van der Waals surface area contributed by atoms with Crippen LogP contribution in [-0.4, -0.2) is 82.6 Å². The van der Waals surface area contributed by atoms with Crippen molar-refractivity contribution < 1.29 is 33.6 Å². The second kappa shape index (κ2) is 17.9. The Hall–Kier alpha value is -4.58. The van der Waals surface area contributed by atoms with Crippen LogP contribution in [0, 0.1) is 11.3 Å². The van der Waals surface area contributed by atoms with Crippen LogP contribution in [0.4, 0.5) is 0 Å². The summed E-state index contributed by atoms with van der Waals surface area (Å²) in [7, 11) is 0. The van der Waals surface area contributed by atoms with Crippen molar-refractivity contribution in [2.24, 2.45) is 16.5 Å². The molecule has 4 amide bonds. The first-order valence-corrected chi connectivity index (χ1v) is 20.9. The molecule has 1 spiro atoms. The maximum absolute atomic E-state index is 14.7. The monoisotopic (exact) mass is 801 g/mol. The Kier molecular flexibility index (Phi) is 13.2. The van der Waals surface area contributed by atoms with Crippen LogP contribution in [0.5, 0.6) is 0 Å². The standard InChI is InChI=1S/C44H56ClN5O7/c1-5-12-33(38(53)41(55)46-20-19-32-31-18-10-9-15-28(31)23-36(32)51)47-40(54)35-25-44(24-34(49-57-44)29-16-11-17-30(45)22-29)26-50(35)42(56)39(43(2,3)4)48-37(52)21-27-13-7-6-8-14-27/h9-11,15-18,22,27,32-33,35,39H,5-8,12-14,19-21,23-26H2,1-4H3,(H,46,55)(H,47,54)(H,48,52)/t32?,33-,35-,39+,44+/m0/s1. The molecule has 13 heteroatoms. The molecule has 0 bridgehead atoms. The molecule has 1 saturated heterocycles. The van der Waals surface area contributed by atoms with Gasteiger partial charge in [0.05, 0.1) is 18.3 Å². The molecule has 2 aromatic carbocycles. The van der Waals surface area contributed by atoms with Crippen LogP contribution in [0.25, 0.3) is 0 Å². The average Bonchev–Trinajstić information content (AvgIpc) is 3.87. The number of Topliss-reactive ketones (excluding diaryl/α,β-unsaturated/α-hetero) is 2. The zero-order valence-corrected chi connectivity index (χ0v) is 34.3. The molecular formula is C44H56ClN5O7. The number of halogens is 1. The fourth-order valence-electron chi connectivity index (χ4n) is 8.88. The number of carbonyl (C=O) groups excluding carboxylic acids is 6. The van der Waals surface area contributed by atoms with Crippen molar-refractivity contribution in [3.05, 3.63) is 70.2 Å². The van der Waals surface area contributed by atoms with Crippen molar-refractivity contribution in [2.75, 3.05) is 13.1 Å². The van der Waals surface area contributed by atoms with Gasteiger partial charge < -0.3 is 25.7 Å². The number of likely N-dealkylation sites (tertiary alicyclic amines) is 1. The van der Waals surface area contributed by atoms with Gasteiger partial charge in [0.1, 0.15) is 17.9 Å². The fourth-order valence-corrected chi connectivity index (χ4v) is 9.07. The van der Waals surface area contributed by atoms with E-state index < -0.39 is 52.6 Å². The summed E-state index contributed by atoms with van der Waals surface area (Å²) in [5, 5.41) is 13.4. The predicted octanol–water partition coefficient (Wildman–Crippen LogP) is 5.57. The lowest BCUT2D eigenvalue weighted by Crippen LogP contribution is -2.59. The van der Waals surface area contributed by atoms with E-state index in [-0.39, 0.29) is 49.5 Å². The van der Waals surface area contributed by atoms with Crippen molar-refractivity contribution >= 4 is 52.5 Å². The molecule has 1 unspecified atom stereocenters. The van der Waals surface area contributed by atoms with E-state index in [0.29, 0.717) is 42.8 Å². The summed E-state index contributed by atoms with van der Waals surface area (Å²) in [4.78, 5) is 89.6. The van der Waals surface area contributed by atoms with Crippen molar-refractivity contribution in [3.8, 4) is 0 Å². The molecular weight excluding hydrogens is 746 g/mol. The van der Waals surface area contributed by atoms with Gasteiger partial charge in [0.2, 0.25) is 23.5 Å². The Morgan fingerprint density at radius 3 is 2.49 bits per heavy atom. The Labute approximate surface area is 340 Å². The Morgan fingerprint density at radius 2 is 1.77 bits per heavy atom. The van der Waals surface area contributed by atoms with Crippen molar-refractivity contribution in [1.82, 2.24) is 20.9 Å². The van der Waals surface area contributed by atoms with Crippen molar-refractivity contribution in [1.29, 1.82) is 0 Å². The van der Waals surface area contributed by atoms with E-state index in [2.05, 4.69) is 21.1 Å². The van der Waals surface area contributed by atoms with Gasteiger partial charge in [-0.2, -0.15) is 0 Å². The van der Waals surface area contributed by atoms with Crippen LogP contribution in [0.3, 0.4) is 0 Å². The number of nitrogens with one attached hydrogen (secondary N) is 3. The maximum atomic E-state index is 14.7. The summed E-state index contributed by atoms with van der Waals surface area (Å²) >= 11 is 6.28. The lowest BCUT2D eigenvalue weighted by Gasteiger charge is -2.36. The number of nitrogens with zero attached hydrogens (tertiary/aromatic N) is 2. The topological polar surface area (TPSA) is 163 Å². The van der Waals surface area contributed by atoms with Crippen LogP contribution in [0.2, 0.25) is 5.02 Å². The fraction of sp³-hybridized carbons (Fsp3) is 0.568. The number of benzene rings is 2. The molecule has 2 aliphatic heterocycles. The largest absolute Gasteiger partial charge is 0.387 e. The third-order valence-corrected chi connectivity index (χ3v) is 12.2. The van der Waals surface area contributed by atoms with E-state index >= 15 is 0 Å². The molecule has 5 atom stereocenters. The molecule has 0 radical (unpaired) electrons. The minimum Gasteiger partial charge on any atom is -0.387 e. The number of hydrogen-bond donors (Lipinski definition) is 3. The number of amides is 4. The quantitative estimate of drug-likeness (QED) is 0.210. The molecule has 4 aliphatic rings. The van der Waals surface area contributed by atoms with Crippen LogP contribution in [0.15, 0.2) is 53.7 Å². The van der Waals surface area contributed by atoms with Gasteiger partial charge in [-0.15, -0.1) is 0 Å². The van der Waals surface area contributed by atoms with E-state index in [9.17, 15) is 28.8 Å². The summed E-state index contributed by atoms with van der Waals surface area (Å²) < 4.78 is 0. The molecule has 57 heavy (non-hydrogen) atoms. The van der Waals surface area contributed by atoms with Crippen LogP contribution >= 0.6 is 11.6 Å². The summed E-state index contributed by atoms with van der Waals surface area (Å²) in [6.45, 7) is 7.60. The normalized spacial score (nSPS) is 23.0. The summed E-state index contributed by atoms with van der Waals surface area (Å²) in [6, 6.07) is 11.6. The van der Waals surface area contributed by atoms with Gasteiger partial charge in [0, 0.05) is 48.7 Å². The van der Waals surface area contributed by atoms with E-state index in [1.807, 2.05) is 64.1 Å². The van der Waals surface area contributed by atoms with Crippen molar-refractivity contribution in [2.45, 2.75) is 134 Å². The molecule has 6 rings (SSSR count). The Balaban J connectivity index is 1.18. The molecule has 3 N–H and O–H groups in total. The zero-order valence-electron chi connectivity index (χ0n) is 33.5. The Bertz CT molecular complexity index is 1900. The van der Waals surface area contributed by atoms with E-state index in [4.69, 9.17) is 16.4 Å². The Morgan fingerprint density at radius 1 is 1.02 bits per heavy atom. The van der Waals surface area contributed by atoms with Crippen LogP contribution in [0.1, 0.15) is 121 Å². The van der Waals surface area contributed by atoms with Gasteiger partial charge >= 0.3 is 0 Å². The second-order valence-corrected chi connectivity index (χ2v) is 17.8. The van der Waals surface area contributed by atoms with Gasteiger partial charge in [-0.25, -0.2) is 0 Å². The number of fused-ring (bicyclic) bond motifs is 1. The van der Waals surface area contributed by atoms with Gasteiger partial charge in [0.25, 0.3) is 5.91 Å². The summed E-state index contributed by atoms with van der Waals surface area (Å²) in [5.74, 6) is -2.90. The lowest BCUT2D eigenvalue weighted by molar-refractivity contribution is -0.145. The minimum atomic E-state index is -1.15. The number of ketones is 2. The number of oxime groups is 1. The highest BCUT2D eigenvalue weighted by atomic mass is 35.5. The third-order valence-electron chi connectivity index (χ3n) is 11.9. The summed E-state index contributed by atoms with van der Waals surface area (Å²) in [5.41, 5.74) is 1.54. The molecule has 2 aromatic rings. The number of rotatable bonds is 14. The molecule has 0 aromatic heterocycles. The molecule has 306 valence electrons. The first-order chi connectivity index (χ1) is 27.2. The highest BCUT2D eigenvalue weighted by Gasteiger charge is 2.55. The third kappa shape index (κ3) is 9.94. The SMILES string of the molecule is CCC[C@H](NC(=O)[C@@H]1C[C@]2(CC(c3cccc(Cl)c3)=NO2)CN1C(=O)[C@@H](NC(=O)CC1CCCCC1)C(C)(C)C)C(=O)C(=O)NCCC1C(=O)Cc2ccccc21. The summed E-state index contributed by atoms with van der Waals surface area (Å²) in [6.07, 6.45) is 7.40. The molecule has 2 fully saturated rings. The smallest absolute Gasteiger partial charge is 0.289 e. The van der Waals surface area contributed by atoms with Crippen LogP contribution in [-0.2, 0) is 40.0 Å². The number of hydrogen-bond acceptors (Lipinski definition) is 8. The first kappa shape index (κ1) is 42.0. The minimum absolute atomic E-state index is 0.0124. The zero-order chi connectivity index (χ0) is 40.9. The van der Waals surface area contributed by atoms with Crippen LogP contribution < -0.4 is 16.0 Å². The first-order valence-electron chi connectivity index (χ1n) is 20.5. The van der Waals surface area contributed by atoms with Crippen molar-refractivity contribution in [3.63, 3.8) is 0 Å². The number of carbonyl (C=O) groups is 6. The average molecular weight is 802 g/mol. The van der Waals surface area contributed by atoms with E-state index in [1.165, 1.54) is 11.3 Å². The highest BCUT2D eigenvalue weighted by Crippen LogP contribution is 2.40. The van der Waals surface area contributed by atoms with E-state index in [0.717, 1.165) is 42.4 Å². The van der Waals surface area contributed by atoms with Gasteiger partial charge in [-0.1, -0.05) is 107 Å². The molecule has 12 nitrogen and oxygen atoms in total. The van der Waals surface area contributed by atoms with Gasteiger partial charge in [-0.05, 0) is 60.3 Å². The second-order valence-electron chi connectivity index (χ2n) is 17.4. The van der Waals surface area contributed by atoms with Gasteiger partial charge in [0.15, 0.2) is 5.60 Å². The lowest BCUT2D eigenvalue weighted by atomic mass is 9.84. The highest BCUT2D eigenvalue weighted by molar-refractivity contribution is 6.38. The maximum Gasteiger partial charge on any atom is 0.289 e.